The lowest BCUT2D eigenvalue weighted by Gasteiger charge is -2.21. The molecule has 8 aromatic rings. The van der Waals surface area contributed by atoms with Crippen LogP contribution in [0.1, 0.15) is 25.0 Å². The first kappa shape index (κ1) is 26.6. The van der Waals surface area contributed by atoms with E-state index in [4.69, 9.17) is 14.4 Å². The Balaban J connectivity index is 1.17. The monoisotopic (exact) mass is 590 g/mol. The first-order valence-corrected chi connectivity index (χ1v) is 15.7. The third kappa shape index (κ3) is 4.20. The zero-order chi connectivity index (χ0) is 30.8. The first-order valence-electron chi connectivity index (χ1n) is 15.7. The van der Waals surface area contributed by atoms with Crippen molar-refractivity contribution in [3.63, 3.8) is 0 Å². The van der Waals surface area contributed by atoms with Gasteiger partial charge in [0.25, 0.3) is 0 Å². The number of nitrogens with zero attached hydrogens (tertiary/aromatic N) is 2. The predicted octanol–water partition coefficient (Wildman–Crippen LogP) is 11.4. The molecule has 46 heavy (non-hydrogen) atoms. The van der Waals surface area contributed by atoms with Gasteiger partial charge >= 0.3 is 0 Å². The topological polar surface area (TPSA) is 38.9 Å². The highest BCUT2D eigenvalue weighted by Gasteiger charge is 2.36. The number of furan rings is 1. The van der Waals surface area contributed by atoms with Crippen LogP contribution in [0.5, 0.6) is 0 Å². The average Bonchev–Trinajstić information content (AvgIpc) is 3.59. The summed E-state index contributed by atoms with van der Waals surface area (Å²) in [5.74, 6) is 0.719. The number of aromatic nitrogens is 2. The van der Waals surface area contributed by atoms with Crippen LogP contribution in [0.25, 0.3) is 78.1 Å². The normalized spacial score (nSPS) is 13.2. The number of para-hydroxylation sites is 1. The molecule has 1 aliphatic rings. The summed E-state index contributed by atoms with van der Waals surface area (Å²) in [6, 6.07) is 51.2. The minimum atomic E-state index is -0.124. The summed E-state index contributed by atoms with van der Waals surface area (Å²) < 4.78 is 6.28. The van der Waals surface area contributed by atoms with Crippen molar-refractivity contribution >= 4 is 21.9 Å². The van der Waals surface area contributed by atoms with Gasteiger partial charge in [-0.3, -0.25) is 0 Å². The molecule has 2 aromatic heterocycles. The molecule has 2 heterocycles. The Morgan fingerprint density at radius 2 is 1.07 bits per heavy atom. The molecule has 6 aromatic carbocycles. The maximum atomic E-state index is 6.28. The van der Waals surface area contributed by atoms with Gasteiger partial charge in [0.1, 0.15) is 11.2 Å². The van der Waals surface area contributed by atoms with Gasteiger partial charge in [0, 0.05) is 32.9 Å². The Morgan fingerprint density at radius 3 is 1.87 bits per heavy atom. The van der Waals surface area contributed by atoms with Gasteiger partial charge in [0.2, 0.25) is 0 Å². The number of hydrogen-bond donors (Lipinski definition) is 0. The van der Waals surface area contributed by atoms with E-state index in [1.165, 1.54) is 27.8 Å². The molecular formula is C43H30N2O. The van der Waals surface area contributed by atoms with Crippen molar-refractivity contribution in [3.05, 3.63) is 157 Å². The SMILES string of the molecule is CC1(C)c2ccc(-c3cccc(-c4cc(-c5ccccc5)nc(-c5ccccc5)n4)c3)cc2-c2cc3c(cc21)oc1ccccc13. The molecule has 0 aliphatic heterocycles. The zero-order valence-electron chi connectivity index (χ0n) is 25.7. The molecule has 1 aliphatic carbocycles. The lowest BCUT2D eigenvalue weighted by molar-refractivity contribution is 0.647. The van der Waals surface area contributed by atoms with Gasteiger partial charge in [-0.15, -0.1) is 0 Å². The maximum Gasteiger partial charge on any atom is 0.160 e. The van der Waals surface area contributed by atoms with Crippen LogP contribution in [0.2, 0.25) is 0 Å². The standard InChI is InChI=1S/C43H30N2O/c1-43(2)36-21-20-30(23-33(36)34-24-35-32-18-9-10-19-40(32)46-41(35)25-37(34)43)29-16-11-17-31(22-29)39-26-38(27-12-5-3-6-13-27)44-42(45-39)28-14-7-4-8-15-28/h3-26H,1-2H3. The molecule has 0 N–H and O–H groups in total. The Hall–Kier alpha value is -5.80. The quantitative estimate of drug-likeness (QED) is 0.205. The fraction of sp³-hybridized carbons (Fsp3) is 0.0698. The van der Waals surface area contributed by atoms with Crippen molar-refractivity contribution in [1.29, 1.82) is 0 Å². The summed E-state index contributed by atoms with van der Waals surface area (Å²) >= 11 is 0. The van der Waals surface area contributed by atoms with E-state index in [-0.39, 0.29) is 5.41 Å². The molecule has 0 spiro atoms. The van der Waals surface area contributed by atoms with Gasteiger partial charge in [0.05, 0.1) is 11.4 Å². The third-order valence-electron chi connectivity index (χ3n) is 9.49. The molecule has 0 amide bonds. The zero-order valence-corrected chi connectivity index (χ0v) is 25.7. The smallest absolute Gasteiger partial charge is 0.160 e. The van der Waals surface area contributed by atoms with Gasteiger partial charge in [-0.1, -0.05) is 123 Å². The molecule has 0 saturated carbocycles. The molecule has 0 unspecified atom stereocenters. The van der Waals surface area contributed by atoms with Crippen molar-refractivity contribution in [2.75, 3.05) is 0 Å². The van der Waals surface area contributed by atoms with Crippen LogP contribution < -0.4 is 0 Å². The number of fused-ring (bicyclic) bond motifs is 6. The van der Waals surface area contributed by atoms with Crippen LogP contribution in [0.3, 0.4) is 0 Å². The summed E-state index contributed by atoms with van der Waals surface area (Å²) in [4.78, 5) is 10.0. The molecule has 0 radical (unpaired) electrons. The van der Waals surface area contributed by atoms with Crippen LogP contribution >= 0.6 is 0 Å². The van der Waals surface area contributed by atoms with Crippen LogP contribution in [0, 0.1) is 0 Å². The van der Waals surface area contributed by atoms with E-state index >= 15 is 0 Å². The highest BCUT2D eigenvalue weighted by Crippen LogP contribution is 2.51. The molecule has 0 saturated heterocycles. The Morgan fingerprint density at radius 1 is 0.435 bits per heavy atom. The summed E-state index contributed by atoms with van der Waals surface area (Å²) in [5, 5.41) is 2.32. The van der Waals surface area contributed by atoms with E-state index in [9.17, 15) is 0 Å². The molecule has 3 heteroatoms. The molecule has 0 atom stereocenters. The highest BCUT2D eigenvalue weighted by molar-refractivity contribution is 6.07. The molecule has 0 bridgehead atoms. The van der Waals surface area contributed by atoms with Crippen molar-refractivity contribution in [2.24, 2.45) is 0 Å². The van der Waals surface area contributed by atoms with Crippen LogP contribution in [0.4, 0.5) is 0 Å². The molecular weight excluding hydrogens is 560 g/mol. The largest absolute Gasteiger partial charge is 0.456 e. The third-order valence-corrected chi connectivity index (χ3v) is 9.49. The summed E-state index contributed by atoms with van der Waals surface area (Å²) in [6.45, 7) is 4.63. The molecule has 9 rings (SSSR count). The number of hydrogen-bond acceptors (Lipinski definition) is 3. The van der Waals surface area contributed by atoms with Gasteiger partial charge in [0.15, 0.2) is 5.82 Å². The minimum Gasteiger partial charge on any atom is -0.456 e. The predicted molar refractivity (Wildman–Crippen MR) is 189 cm³/mol. The fourth-order valence-electron chi connectivity index (χ4n) is 7.07. The van der Waals surface area contributed by atoms with E-state index in [0.717, 1.165) is 61.4 Å². The van der Waals surface area contributed by atoms with Crippen LogP contribution in [-0.2, 0) is 5.41 Å². The Bertz CT molecular complexity index is 2380. The van der Waals surface area contributed by atoms with E-state index in [1.807, 2.05) is 48.5 Å². The molecule has 0 fully saturated rings. The van der Waals surface area contributed by atoms with Crippen molar-refractivity contribution in [2.45, 2.75) is 19.3 Å². The van der Waals surface area contributed by atoms with Gasteiger partial charge < -0.3 is 4.42 Å². The summed E-state index contributed by atoms with van der Waals surface area (Å²) in [5.41, 5.74) is 14.2. The van der Waals surface area contributed by atoms with Gasteiger partial charge in [-0.25, -0.2) is 9.97 Å². The lowest BCUT2D eigenvalue weighted by Crippen LogP contribution is -2.14. The molecule has 3 nitrogen and oxygen atoms in total. The average molecular weight is 591 g/mol. The second-order valence-corrected chi connectivity index (χ2v) is 12.7. The van der Waals surface area contributed by atoms with Crippen molar-refractivity contribution in [3.8, 4) is 56.2 Å². The number of benzene rings is 6. The second kappa shape index (κ2) is 10.1. The summed E-state index contributed by atoms with van der Waals surface area (Å²) in [6.07, 6.45) is 0. The maximum absolute atomic E-state index is 6.28. The molecule has 218 valence electrons. The number of rotatable bonds is 4. The van der Waals surface area contributed by atoms with Gasteiger partial charge in [-0.05, 0) is 69.8 Å². The minimum absolute atomic E-state index is 0.124. The Labute approximate surface area is 267 Å². The Kier molecular flexibility index (Phi) is 5.85. The van der Waals surface area contributed by atoms with E-state index in [1.54, 1.807) is 0 Å². The fourth-order valence-corrected chi connectivity index (χ4v) is 7.07. The lowest BCUT2D eigenvalue weighted by atomic mass is 9.82. The summed E-state index contributed by atoms with van der Waals surface area (Å²) in [7, 11) is 0. The second-order valence-electron chi connectivity index (χ2n) is 12.7. The first-order chi connectivity index (χ1) is 22.5. The van der Waals surface area contributed by atoms with E-state index < -0.39 is 0 Å². The van der Waals surface area contributed by atoms with Crippen LogP contribution in [0.15, 0.2) is 150 Å². The van der Waals surface area contributed by atoms with Crippen molar-refractivity contribution < 1.29 is 4.42 Å². The van der Waals surface area contributed by atoms with Crippen molar-refractivity contribution in [1.82, 2.24) is 9.97 Å². The van der Waals surface area contributed by atoms with E-state index in [2.05, 4.69) is 111 Å². The van der Waals surface area contributed by atoms with Crippen LogP contribution in [-0.4, -0.2) is 9.97 Å². The van der Waals surface area contributed by atoms with Gasteiger partial charge in [-0.2, -0.15) is 0 Å². The van der Waals surface area contributed by atoms with E-state index in [0.29, 0.717) is 0 Å². The highest BCUT2D eigenvalue weighted by atomic mass is 16.3.